The Labute approximate surface area is 235 Å². The summed E-state index contributed by atoms with van der Waals surface area (Å²) in [5.74, 6) is 0.761. The van der Waals surface area contributed by atoms with Crippen LogP contribution in [0.25, 0.3) is 5.65 Å². The molecule has 0 radical (unpaired) electrons. The van der Waals surface area contributed by atoms with Gasteiger partial charge in [0.25, 0.3) is 0 Å². The second kappa shape index (κ2) is 10.7. The number of hydrogen-bond donors (Lipinski definition) is 2. The molecule has 1 saturated carbocycles. The maximum absolute atomic E-state index is 11.9. The smallest absolute Gasteiger partial charge is 0.409 e. The van der Waals surface area contributed by atoms with Crippen LogP contribution in [-0.2, 0) is 4.74 Å². The Morgan fingerprint density at radius 2 is 1.93 bits per heavy atom. The summed E-state index contributed by atoms with van der Waals surface area (Å²) in [6.07, 6.45) is 4.19. The van der Waals surface area contributed by atoms with Crippen LogP contribution in [0, 0.1) is 22.7 Å². The minimum Gasteiger partial charge on any atom is -0.453 e. The van der Waals surface area contributed by atoms with E-state index >= 15 is 0 Å². The first kappa shape index (κ1) is 25.9. The number of rotatable bonds is 6. The maximum Gasteiger partial charge on any atom is 0.409 e. The summed E-state index contributed by atoms with van der Waals surface area (Å²) < 4.78 is 6.32. The number of carbonyl (C=O) groups is 1. The number of hydrogen-bond acceptors (Lipinski definition) is 11. The minimum absolute atomic E-state index is 0.231. The van der Waals surface area contributed by atoms with Crippen LogP contribution in [0.2, 0.25) is 5.02 Å². The highest BCUT2D eigenvalue weighted by atomic mass is 35.5. The van der Waals surface area contributed by atoms with Crippen LogP contribution in [-0.4, -0.2) is 93.9 Å². The van der Waals surface area contributed by atoms with E-state index in [0.29, 0.717) is 52.9 Å². The average Bonchev–Trinajstić information content (AvgIpc) is 3.48. The number of amides is 1. The van der Waals surface area contributed by atoms with Crippen molar-refractivity contribution in [3.05, 3.63) is 34.6 Å². The summed E-state index contributed by atoms with van der Waals surface area (Å²) in [4.78, 5) is 27.1. The molecule has 4 heterocycles. The molecule has 1 aromatic carbocycles. The highest BCUT2D eigenvalue weighted by molar-refractivity contribution is 6.36. The minimum atomic E-state index is -0.281. The van der Waals surface area contributed by atoms with E-state index in [1.807, 2.05) is 0 Å². The molecule has 2 N–H and O–H groups in total. The molecule has 13 nitrogen and oxygen atoms in total. The molecule has 1 unspecified atom stereocenters. The first-order valence-corrected chi connectivity index (χ1v) is 13.6. The van der Waals surface area contributed by atoms with Crippen LogP contribution in [0.4, 0.5) is 27.9 Å². The van der Waals surface area contributed by atoms with Crippen molar-refractivity contribution >= 4 is 46.5 Å². The summed E-state index contributed by atoms with van der Waals surface area (Å²) >= 11 is 6.92. The molecule has 6 rings (SSSR count). The van der Waals surface area contributed by atoms with Gasteiger partial charge in [0.1, 0.15) is 6.07 Å². The number of nitriles is 2. The topological polar surface area (TPSA) is 151 Å². The van der Waals surface area contributed by atoms with Crippen molar-refractivity contribution in [3.8, 4) is 12.1 Å². The lowest BCUT2D eigenvalue weighted by molar-refractivity contribution is 0.125. The van der Waals surface area contributed by atoms with Crippen LogP contribution in [0.5, 0.6) is 0 Å². The van der Waals surface area contributed by atoms with E-state index < -0.39 is 0 Å². The van der Waals surface area contributed by atoms with Gasteiger partial charge in [-0.3, -0.25) is 4.90 Å². The number of halogens is 1. The third-order valence-electron chi connectivity index (χ3n) is 7.59. The van der Waals surface area contributed by atoms with E-state index in [1.54, 1.807) is 17.0 Å². The van der Waals surface area contributed by atoms with Gasteiger partial charge in [-0.15, -0.1) is 5.10 Å². The molecular weight excluding hydrogens is 534 g/mol. The molecule has 1 atom stereocenters. The fourth-order valence-corrected chi connectivity index (χ4v) is 5.58. The maximum atomic E-state index is 11.9. The number of piperazine rings is 1. The van der Waals surface area contributed by atoms with Crippen LogP contribution in [0.3, 0.4) is 0 Å². The number of aromatic nitrogens is 4. The molecule has 3 aliphatic rings. The molecule has 1 amide bonds. The number of fused-ring (bicyclic) bond motifs is 1. The van der Waals surface area contributed by atoms with Crippen LogP contribution in [0.1, 0.15) is 30.5 Å². The van der Waals surface area contributed by atoms with Gasteiger partial charge in [0, 0.05) is 51.4 Å². The van der Waals surface area contributed by atoms with Crippen molar-refractivity contribution in [3.63, 3.8) is 0 Å². The number of methoxy groups -OCH3 is 1. The Kier molecular flexibility index (Phi) is 6.92. The molecule has 206 valence electrons. The number of carbonyl (C=O) groups excluding carboxylic acids is 1. The number of ether oxygens (including phenoxy) is 1. The third kappa shape index (κ3) is 5.01. The summed E-state index contributed by atoms with van der Waals surface area (Å²) in [6, 6.07) is 8.41. The van der Waals surface area contributed by atoms with Gasteiger partial charge >= 0.3 is 6.09 Å². The zero-order chi connectivity index (χ0) is 27.8. The zero-order valence-corrected chi connectivity index (χ0v) is 22.7. The van der Waals surface area contributed by atoms with Gasteiger partial charge < -0.3 is 25.2 Å². The lowest BCUT2D eigenvalue weighted by Crippen LogP contribution is -2.51. The van der Waals surface area contributed by atoms with Gasteiger partial charge in [-0.25, -0.2) is 9.78 Å². The van der Waals surface area contributed by atoms with E-state index in [2.05, 4.69) is 47.6 Å². The number of nitrogens with one attached hydrogen (secondary N) is 2. The largest absolute Gasteiger partial charge is 0.453 e. The molecular formula is C26H28ClN11O2. The molecule has 14 heteroatoms. The van der Waals surface area contributed by atoms with E-state index in [0.717, 1.165) is 51.1 Å². The van der Waals surface area contributed by atoms with Crippen molar-refractivity contribution in [1.29, 1.82) is 10.5 Å². The van der Waals surface area contributed by atoms with E-state index in [9.17, 15) is 15.3 Å². The molecule has 2 aliphatic heterocycles. The lowest BCUT2D eigenvalue weighted by Gasteiger charge is -2.39. The Hall–Kier alpha value is -4.33. The van der Waals surface area contributed by atoms with Crippen LogP contribution < -0.4 is 15.5 Å². The molecule has 3 aromatic rings. The Morgan fingerprint density at radius 1 is 1.12 bits per heavy atom. The quantitative estimate of drug-likeness (QED) is 0.457. The number of likely N-dealkylation sites (tertiary alicyclic amines) is 1. The molecule has 3 fully saturated rings. The average molecular weight is 562 g/mol. The second-order valence-electron chi connectivity index (χ2n) is 10.2. The van der Waals surface area contributed by atoms with Gasteiger partial charge in [0.15, 0.2) is 17.2 Å². The fraction of sp³-hybridized carbons (Fsp3) is 0.462. The highest BCUT2D eigenvalue weighted by Gasteiger charge is 2.33. The van der Waals surface area contributed by atoms with Gasteiger partial charge in [-0.2, -0.15) is 20.0 Å². The van der Waals surface area contributed by atoms with Crippen molar-refractivity contribution < 1.29 is 9.53 Å². The van der Waals surface area contributed by atoms with E-state index in [4.69, 9.17) is 16.3 Å². The number of anilines is 4. The molecule has 2 aromatic heterocycles. The van der Waals surface area contributed by atoms with Crippen LogP contribution in [0.15, 0.2) is 18.3 Å². The summed E-state index contributed by atoms with van der Waals surface area (Å²) in [6.45, 7) is 4.43. The van der Waals surface area contributed by atoms with Gasteiger partial charge in [0.05, 0.1) is 41.3 Å². The Bertz CT molecular complexity index is 1530. The van der Waals surface area contributed by atoms with Gasteiger partial charge in [-0.05, 0) is 31.4 Å². The van der Waals surface area contributed by atoms with E-state index in [-0.39, 0.29) is 17.7 Å². The second-order valence-corrected chi connectivity index (χ2v) is 10.5. The SMILES string of the molecule is COC(=O)N1CCC(N2CCN(c3cc(C#N)cc(Nc4nc(NC5CC5)c5ncc(C#N)n5n4)c3Cl)CC2)C1. The standard InChI is InChI=1S/C26H28ClN11O2/c1-40-26(39)37-5-4-18(15-37)35-6-8-36(9-7-35)21-11-16(12-28)10-20(22(21)27)32-25-33-23(31-17-2-3-17)24-30-14-19(13-29)38(24)34-25/h10-11,14,17-18H,2-9,15H2,1H3,(H2,31,32,33,34). The van der Waals surface area contributed by atoms with Gasteiger partial charge in [0.2, 0.25) is 5.95 Å². The summed E-state index contributed by atoms with van der Waals surface area (Å²) in [5, 5.41) is 30.8. The van der Waals surface area contributed by atoms with Crippen molar-refractivity contribution in [1.82, 2.24) is 29.4 Å². The summed E-state index contributed by atoms with van der Waals surface area (Å²) in [7, 11) is 1.41. The van der Waals surface area contributed by atoms with Crippen LogP contribution >= 0.6 is 11.6 Å². The predicted octanol–water partition coefficient (Wildman–Crippen LogP) is 2.80. The molecule has 2 saturated heterocycles. The number of imidazole rings is 1. The van der Waals surface area contributed by atoms with E-state index in [1.165, 1.54) is 17.8 Å². The number of nitrogens with zero attached hydrogens (tertiary/aromatic N) is 9. The zero-order valence-electron chi connectivity index (χ0n) is 22.0. The predicted molar refractivity (Wildman–Crippen MR) is 148 cm³/mol. The fourth-order valence-electron chi connectivity index (χ4n) is 5.31. The Balaban J connectivity index is 1.22. The highest BCUT2D eigenvalue weighted by Crippen LogP contribution is 2.37. The molecule has 40 heavy (non-hydrogen) atoms. The first-order chi connectivity index (χ1) is 19.5. The van der Waals surface area contributed by atoms with Crippen molar-refractivity contribution in [2.24, 2.45) is 0 Å². The normalized spacial score (nSPS) is 19.4. The summed E-state index contributed by atoms with van der Waals surface area (Å²) in [5.41, 5.74) is 2.46. The molecule has 0 bridgehead atoms. The van der Waals surface area contributed by atoms with Crippen molar-refractivity contribution in [2.45, 2.75) is 31.3 Å². The molecule has 1 aliphatic carbocycles. The van der Waals surface area contributed by atoms with Gasteiger partial charge in [-0.1, -0.05) is 11.6 Å². The first-order valence-electron chi connectivity index (χ1n) is 13.2. The Morgan fingerprint density at radius 3 is 2.62 bits per heavy atom. The lowest BCUT2D eigenvalue weighted by atomic mass is 10.1. The monoisotopic (exact) mass is 561 g/mol. The third-order valence-corrected chi connectivity index (χ3v) is 7.99. The molecule has 0 spiro atoms. The number of benzene rings is 1. The van der Waals surface area contributed by atoms with Crippen molar-refractivity contribution in [2.75, 3.05) is 61.9 Å².